The zero-order valence-electron chi connectivity index (χ0n) is 15.5. The number of hydrogen-bond donors (Lipinski definition) is 2. The number of carbonyl (C=O) groups excluding carboxylic acids is 2. The quantitative estimate of drug-likeness (QED) is 0.607. The van der Waals surface area contributed by atoms with Crippen molar-refractivity contribution in [3.8, 4) is 5.75 Å². The van der Waals surface area contributed by atoms with Crippen LogP contribution in [0.15, 0.2) is 72.9 Å². The molecule has 3 rings (SSSR count). The zero-order chi connectivity index (χ0) is 19.8. The minimum atomic E-state index is -0.337. The molecule has 0 spiro atoms. The van der Waals surface area contributed by atoms with Gasteiger partial charge in [0.1, 0.15) is 12.4 Å². The molecule has 0 saturated heterocycles. The number of anilines is 1. The molecule has 142 valence electrons. The number of ketones is 1. The predicted octanol–water partition coefficient (Wildman–Crippen LogP) is 4.18. The van der Waals surface area contributed by atoms with Gasteiger partial charge in [-0.2, -0.15) is 0 Å². The van der Waals surface area contributed by atoms with E-state index in [-0.39, 0.29) is 11.8 Å². The Hall–Kier alpha value is -3.67. The van der Waals surface area contributed by atoms with Gasteiger partial charge in [-0.15, -0.1) is 0 Å². The van der Waals surface area contributed by atoms with Crippen LogP contribution < -0.4 is 15.4 Å². The molecule has 2 aromatic carbocycles. The molecule has 0 atom stereocenters. The van der Waals surface area contributed by atoms with Gasteiger partial charge in [-0.05, 0) is 48.9 Å². The molecule has 1 aromatic heterocycles. The number of pyridine rings is 1. The summed E-state index contributed by atoms with van der Waals surface area (Å²) in [5.41, 5.74) is 2.93. The van der Waals surface area contributed by atoms with Crippen LogP contribution in [0, 0.1) is 0 Å². The normalized spacial score (nSPS) is 10.2. The summed E-state index contributed by atoms with van der Waals surface area (Å²) in [7, 11) is 0. The molecule has 0 bridgehead atoms. The number of Topliss-reactive ketones (excluding diaryl/α,β-unsaturated/α-hetero) is 1. The predicted molar refractivity (Wildman–Crippen MR) is 107 cm³/mol. The molecule has 28 heavy (non-hydrogen) atoms. The van der Waals surface area contributed by atoms with Gasteiger partial charge in [0, 0.05) is 24.0 Å². The van der Waals surface area contributed by atoms with E-state index in [1.54, 1.807) is 30.5 Å². The molecule has 2 amide bonds. The molecule has 0 fully saturated rings. The second-order valence-electron chi connectivity index (χ2n) is 6.20. The van der Waals surface area contributed by atoms with Gasteiger partial charge < -0.3 is 15.4 Å². The summed E-state index contributed by atoms with van der Waals surface area (Å²) in [6, 6.07) is 19.7. The molecule has 0 radical (unpaired) electrons. The Morgan fingerprint density at radius 1 is 1.00 bits per heavy atom. The highest BCUT2D eigenvalue weighted by atomic mass is 16.5. The van der Waals surface area contributed by atoms with E-state index in [2.05, 4.69) is 15.6 Å². The van der Waals surface area contributed by atoms with Crippen LogP contribution in [-0.4, -0.2) is 16.8 Å². The van der Waals surface area contributed by atoms with Crippen LogP contribution in [0.2, 0.25) is 0 Å². The lowest BCUT2D eigenvalue weighted by molar-refractivity contribution is 0.101. The Kier molecular flexibility index (Phi) is 6.36. The van der Waals surface area contributed by atoms with Gasteiger partial charge in [0.15, 0.2) is 5.78 Å². The first-order valence-electron chi connectivity index (χ1n) is 8.87. The van der Waals surface area contributed by atoms with E-state index < -0.39 is 0 Å². The molecule has 0 aliphatic rings. The Bertz CT molecular complexity index is 941. The van der Waals surface area contributed by atoms with Crippen molar-refractivity contribution < 1.29 is 14.3 Å². The Balaban J connectivity index is 1.47. The van der Waals surface area contributed by atoms with Crippen molar-refractivity contribution in [2.75, 3.05) is 5.32 Å². The monoisotopic (exact) mass is 375 g/mol. The molecular formula is C22H21N3O3. The van der Waals surface area contributed by atoms with Gasteiger partial charge in [0.25, 0.3) is 0 Å². The van der Waals surface area contributed by atoms with Gasteiger partial charge in [-0.3, -0.25) is 9.78 Å². The number of hydrogen-bond acceptors (Lipinski definition) is 4. The lowest BCUT2D eigenvalue weighted by Crippen LogP contribution is -2.28. The second-order valence-corrected chi connectivity index (χ2v) is 6.20. The molecule has 6 nitrogen and oxygen atoms in total. The van der Waals surface area contributed by atoms with Crippen molar-refractivity contribution in [3.63, 3.8) is 0 Å². The molecule has 3 aromatic rings. The zero-order valence-corrected chi connectivity index (χ0v) is 15.5. The van der Waals surface area contributed by atoms with E-state index in [0.717, 1.165) is 17.0 Å². The molecule has 1 heterocycles. The second kappa shape index (κ2) is 9.32. The third-order valence-electron chi connectivity index (χ3n) is 4.02. The summed E-state index contributed by atoms with van der Waals surface area (Å²) in [6.07, 6.45) is 1.73. The molecule has 0 saturated carbocycles. The van der Waals surface area contributed by atoms with E-state index in [9.17, 15) is 9.59 Å². The Morgan fingerprint density at radius 3 is 2.54 bits per heavy atom. The SMILES string of the molecule is CC(=O)c1cccc(NC(=O)NCc2ccc(OCc3ccccn3)cc2)c1. The molecule has 6 heteroatoms. The maximum atomic E-state index is 12.1. The van der Waals surface area contributed by atoms with Gasteiger partial charge in [0.2, 0.25) is 0 Å². The summed E-state index contributed by atoms with van der Waals surface area (Å²) in [6.45, 7) is 2.27. The van der Waals surface area contributed by atoms with Gasteiger partial charge in [-0.25, -0.2) is 4.79 Å². The topological polar surface area (TPSA) is 80.3 Å². The molecule has 0 unspecified atom stereocenters. The van der Waals surface area contributed by atoms with E-state index >= 15 is 0 Å². The van der Waals surface area contributed by atoms with E-state index in [4.69, 9.17) is 4.74 Å². The van der Waals surface area contributed by atoms with E-state index in [1.807, 2.05) is 42.5 Å². The van der Waals surface area contributed by atoms with E-state index in [0.29, 0.717) is 24.4 Å². The first-order chi connectivity index (χ1) is 13.6. The number of aromatic nitrogens is 1. The van der Waals surface area contributed by atoms with Crippen molar-refractivity contribution in [1.29, 1.82) is 0 Å². The fraction of sp³-hybridized carbons (Fsp3) is 0.136. The van der Waals surface area contributed by atoms with Crippen molar-refractivity contribution in [3.05, 3.63) is 89.7 Å². The van der Waals surface area contributed by atoms with Crippen molar-refractivity contribution in [2.45, 2.75) is 20.1 Å². The summed E-state index contributed by atoms with van der Waals surface area (Å²) in [5.74, 6) is 0.689. The minimum Gasteiger partial charge on any atom is -0.487 e. The fourth-order valence-corrected chi connectivity index (χ4v) is 2.52. The number of ether oxygens (including phenoxy) is 1. The highest BCUT2D eigenvalue weighted by Crippen LogP contribution is 2.14. The summed E-state index contributed by atoms with van der Waals surface area (Å²) >= 11 is 0. The number of amides is 2. The highest BCUT2D eigenvalue weighted by molar-refractivity contribution is 5.96. The van der Waals surface area contributed by atoms with Crippen molar-refractivity contribution >= 4 is 17.5 Å². The Morgan fingerprint density at radius 2 is 1.82 bits per heavy atom. The van der Waals surface area contributed by atoms with Crippen LogP contribution in [0.4, 0.5) is 10.5 Å². The first kappa shape index (κ1) is 19.1. The van der Waals surface area contributed by atoms with Crippen LogP contribution in [0.25, 0.3) is 0 Å². The van der Waals surface area contributed by atoms with E-state index in [1.165, 1.54) is 6.92 Å². The fourth-order valence-electron chi connectivity index (χ4n) is 2.52. The number of nitrogens with zero attached hydrogens (tertiary/aromatic N) is 1. The van der Waals surface area contributed by atoms with Crippen molar-refractivity contribution in [1.82, 2.24) is 10.3 Å². The van der Waals surface area contributed by atoms with Crippen LogP contribution in [-0.2, 0) is 13.2 Å². The minimum absolute atomic E-state index is 0.0468. The number of rotatable bonds is 7. The smallest absolute Gasteiger partial charge is 0.319 e. The number of carbonyl (C=O) groups is 2. The molecular weight excluding hydrogens is 354 g/mol. The number of benzene rings is 2. The van der Waals surface area contributed by atoms with Crippen LogP contribution in [0.5, 0.6) is 5.75 Å². The average Bonchev–Trinajstić information content (AvgIpc) is 2.72. The van der Waals surface area contributed by atoms with Crippen LogP contribution in [0.3, 0.4) is 0 Å². The lowest BCUT2D eigenvalue weighted by Gasteiger charge is -2.10. The van der Waals surface area contributed by atoms with Crippen molar-refractivity contribution in [2.24, 2.45) is 0 Å². The maximum absolute atomic E-state index is 12.1. The highest BCUT2D eigenvalue weighted by Gasteiger charge is 2.05. The maximum Gasteiger partial charge on any atom is 0.319 e. The number of nitrogens with one attached hydrogen (secondary N) is 2. The van der Waals surface area contributed by atoms with Gasteiger partial charge in [0.05, 0.1) is 5.69 Å². The lowest BCUT2D eigenvalue weighted by atomic mass is 10.1. The third kappa shape index (κ3) is 5.67. The molecule has 0 aliphatic carbocycles. The summed E-state index contributed by atoms with van der Waals surface area (Å²) < 4.78 is 5.69. The molecule has 2 N–H and O–H groups in total. The van der Waals surface area contributed by atoms with Crippen LogP contribution in [0.1, 0.15) is 28.5 Å². The van der Waals surface area contributed by atoms with Crippen LogP contribution >= 0.6 is 0 Å². The Labute approximate surface area is 163 Å². The van der Waals surface area contributed by atoms with Gasteiger partial charge in [-0.1, -0.05) is 30.3 Å². The van der Waals surface area contributed by atoms with Gasteiger partial charge >= 0.3 is 6.03 Å². The summed E-state index contributed by atoms with van der Waals surface area (Å²) in [4.78, 5) is 27.7. The largest absolute Gasteiger partial charge is 0.487 e. The third-order valence-corrected chi connectivity index (χ3v) is 4.02. The molecule has 0 aliphatic heterocycles. The first-order valence-corrected chi connectivity index (χ1v) is 8.87. The number of urea groups is 1. The summed E-state index contributed by atoms with van der Waals surface area (Å²) in [5, 5.41) is 5.51. The standard InChI is InChI=1S/C22H21N3O3/c1-16(26)18-5-4-7-19(13-18)25-22(27)24-14-17-8-10-21(11-9-17)28-15-20-6-2-3-12-23-20/h2-13H,14-15H2,1H3,(H2,24,25,27). The average molecular weight is 375 g/mol.